The van der Waals surface area contributed by atoms with Gasteiger partial charge in [-0.05, 0) is 36.3 Å². The third-order valence-electron chi connectivity index (χ3n) is 4.01. The summed E-state index contributed by atoms with van der Waals surface area (Å²) in [5.74, 6) is 0.243. The first-order valence-electron chi connectivity index (χ1n) is 7.19. The maximum absolute atomic E-state index is 13.7. The van der Waals surface area contributed by atoms with E-state index in [1.165, 1.54) is 6.07 Å². The summed E-state index contributed by atoms with van der Waals surface area (Å²) in [5.41, 5.74) is 0.559. The molecule has 1 N–H and O–H groups in total. The molecule has 0 radical (unpaired) electrons. The summed E-state index contributed by atoms with van der Waals surface area (Å²) >= 11 is 0. The molecule has 2 nitrogen and oxygen atoms in total. The van der Waals surface area contributed by atoms with E-state index in [4.69, 9.17) is 0 Å². The lowest BCUT2D eigenvalue weighted by Gasteiger charge is -2.08. The fourth-order valence-electron chi connectivity index (χ4n) is 2.82. The molecule has 2 aromatic carbocycles. The minimum Gasteiger partial charge on any atom is -0.349 e. The molecular weight excluding hydrogens is 253 g/mol. The number of halogens is 1. The molecule has 20 heavy (non-hydrogen) atoms. The third kappa shape index (κ3) is 2.40. The van der Waals surface area contributed by atoms with Crippen molar-refractivity contribution in [3.63, 3.8) is 0 Å². The fourth-order valence-corrected chi connectivity index (χ4v) is 2.82. The van der Waals surface area contributed by atoms with Gasteiger partial charge in [-0.2, -0.15) is 0 Å². The van der Waals surface area contributed by atoms with Gasteiger partial charge in [0.1, 0.15) is 5.82 Å². The SMILES string of the molecule is CCCC1CC1NC(=O)c1ccc(F)c2ccccc12. The smallest absolute Gasteiger partial charge is 0.252 e. The van der Waals surface area contributed by atoms with Crippen molar-refractivity contribution in [3.05, 3.63) is 47.8 Å². The topological polar surface area (TPSA) is 29.1 Å². The summed E-state index contributed by atoms with van der Waals surface area (Å²) in [5, 5.41) is 4.23. The van der Waals surface area contributed by atoms with Crippen LogP contribution in [0.15, 0.2) is 36.4 Å². The van der Waals surface area contributed by atoms with Gasteiger partial charge in [0.25, 0.3) is 5.91 Å². The van der Waals surface area contributed by atoms with Crippen LogP contribution in [-0.4, -0.2) is 11.9 Å². The second kappa shape index (κ2) is 5.23. The van der Waals surface area contributed by atoms with Gasteiger partial charge in [-0.15, -0.1) is 0 Å². The second-order valence-electron chi connectivity index (χ2n) is 5.50. The van der Waals surface area contributed by atoms with Crippen LogP contribution in [0.5, 0.6) is 0 Å². The standard InChI is InChI=1S/C17H18FNO/c1-2-5-11-10-16(11)19-17(20)14-8-9-15(18)13-7-4-3-6-12(13)14/h3-4,6-9,11,16H,2,5,10H2,1H3,(H,19,20). The maximum Gasteiger partial charge on any atom is 0.252 e. The quantitative estimate of drug-likeness (QED) is 0.897. The van der Waals surface area contributed by atoms with E-state index in [0.29, 0.717) is 28.3 Å². The van der Waals surface area contributed by atoms with E-state index in [1.807, 2.05) is 6.07 Å². The van der Waals surface area contributed by atoms with Crippen LogP contribution in [-0.2, 0) is 0 Å². The third-order valence-corrected chi connectivity index (χ3v) is 4.01. The summed E-state index contributed by atoms with van der Waals surface area (Å²) in [7, 11) is 0. The lowest BCUT2D eigenvalue weighted by atomic mass is 10.0. The first-order chi connectivity index (χ1) is 9.70. The zero-order valence-electron chi connectivity index (χ0n) is 11.5. The Hall–Kier alpha value is -1.90. The number of carbonyl (C=O) groups excluding carboxylic acids is 1. The van der Waals surface area contributed by atoms with Gasteiger partial charge in [0, 0.05) is 17.0 Å². The number of benzene rings is 2. The van der Waals surface area contributed by atoms with Crippen LogP contribution >= 0.6 is 0 Å². The number of amides is 1. The highest BCUT2D eigenvalue weighted by Crippen LogP contribution is 2.35. The molecule has 1 saturated carbocycles. The van der Waals surface area contributed by atoms with E-state index < -0.39 is 0 Å². The highest BCUT2D eigenvalue weighted by molar-refractivity contribution is 6.07. The minimum absolute atomic E-state index is 0.0928. The zero-order valence-corrected chi connectivity index (χ0v) is 11.5. The summed E-state index contributed by atoms with van der Waals surface area (Å²) in [4.78, 5) is 12.3. The van der Waals surface area contributed by atoms with Crippen LogP contribution in [0.3, 0.4) is 0 Å². The lowest BCUT2D eigenvalue weighted by Crippen LogP contribution is -2.27. The van der Waals surface area contributed by atoms with Gasteiger partial charge in [-0.1, -0.05) is 37.6 Å². The molecule has 3 heteroatoms. The number of carbonyl (C=O) groups is 1. The Bertz CT molecular complexity index is 652. The molecule has 3 rings (SSSR count). The van der Waals surface area contributed by atoms with Crippen molar-refractivity contribution >= 4 is 16.7 Å². The first kappa shape index (κ1) is 13.1. The number of nitrogens with one attached hydrogen (secondary N) is 1. The number of rotatable bonds is 4. The average molecular weight is 271 g/mol. The Labute approximate surface area is 118 Å². The molecule has 2 unspecified atom stereocenters. The van der Waals surface area contributed by atoms with Gasteiger partial charge in [-0.25, -0.2) is 4.39 Å². The summed E-state index contributed by atoms with van der Waals surface area (Å²) in [6.45, 7) is 2.16. The zero-order chi connectivity index (χ0) is 14.1. The maximum atomic E-state index is 13.7. The van der Waals surface area contributed by atoms with Crippen LogP contribution in [0, 0.1) is 11.7 Å². The van der Waals surface area contributed by atoms with Crippen LogP contribution in [0.4, 0.5) is 4.39 Å². The van der Waals surface area contributed by atoms with E-state index >= 15 is 0 Å². The highest BCUT2D eigenvalue weighted by Gasteiger charge is 2.37. The molecule has 0 bridgehead atoms. The molecule has 2 atom stereocenters. The van der Waals surface area contributed by atoms with Gasteiger partial charge in [0.05, 0.1) is 0 Å². The Morgan fingerprint density at radius 1 is 1.25 bits per heavy atom. The van der Waals surface area contributed by atoms with Crippen molar-refractivity contribution < 1.29 is 9.18 Å². The Balaban J connectivity index is 1.84. The average Bonchev–Trinajstić information content (AvgIpc) is 3.17. The molecule has 1 aliphatic rings. The van der Waals surface area contributed by atoms with Crippen molar-refractivity contribution in [3.8, 4) is 0 Å². The molecule has 1 amide bonds. The van der Waals surface area contributed by atoms with Crippen LogP contribution in [0.25, 0.3) is 10.8 Å². The van der Waals surface area contributed by atoms with Gasteiger partial charge >= 0.3 is 0 Å². The summed E-state index contributed by atoms with van der Waals surface area (Å²) in [6, 6.07) is 10.4. The molecule has 104 valence electrons. The van der Waals surface area contributed by atoms with Gasteiger partial charge in [0.2, 0.25) is 0 Å². The van der Waals surface area contributed by atoms with E-state index in [0.717, 1.165) is 19.3 Å². The number of fused-ring (bicyclic) bond motifs is 1. The molecule has 0 saturated heterocycles. The molecular formula is C17H18FNO. The van der Waals surface area contributed by atoms with Crippen molar-refractivity contribution in [1.29, 1.82) is 0 Å². The molecule has 0 aliphatic heterocycles. The Morgan fingerprint density at radius 3 is 2.75 bits per heavy atom. The van der Waals surface area contributed by atoms with Crippen molar-refractivity contribution in [2.45, 2.75) is 32.2 Å². The highest BCUT2D eigenvalue weighted by atomic mass is 19.1. The Kier molecular flexibility index (Phi) is 3.43. The fraction of sp³-hybridized carbons (Fsp3) is 0.353. The summed E-state index contributed by atoms with van der Waals surface area (Å²) < 4.78 is 13.7. The molecule has 1 fully saturated rings. The largest absolute Gasteiger partial charge is 0.349 e. The molecule has 0 heterocycles. The van der Waals surface area contributed by atoms with Crippen LogP contribution in [0.2, 0.25) is 0 Å². The van der Waals surface area contributed by atoms with Gasteiger partial charge in [0.15, 0.2) is 0 Å². The second-order valence-corrected chi connectivity index (χ2v) is 5.50. The van der Waals surface area contributed by atoms with Gasteiger partial charge < -0.3 is 5.32 Å². The predicted octanol–water partition coefficient (Wildman–Crippen LogP) is 3.90. The van der Waals surface area contributed by atoms with E-state index in [-0.39, 0.29) is 11.7 Å². The van der Waals surface area contributed by atoms with E-state index in [1.54, 1.807) is 24.3 Å². The molecule has 1 aliphatic carbocycles. The van der Waals surface area contributed by atoms with E-state index in [2.05, 4.69) is 12.2 Å². The normalized spacial score (nSPS) is 20.9. The number of hydrogen-bond acceptors (Lipinski definition) is 1. The van der Waals surface area contributed by atoms with Crippen molar-refractivity contribution in [2.24, 2.45) is 5.92 Å². The lowest BCUT2D eigenvalue weighted by molar-refractivity contribution is 0.0950. The molecule has 0 spiro atoms. The predicted molar refractivity (Wildman–Crippen MR) is 78.2 cm³/mol. The minimum atomic E-state index is -0.285. The molecule has 0 aromatic heterocycles. The van der Waals surface area contributed by atoms with Crippen molar-refractivity contribution in [1.82, 2.24) is 5.32 Å². The van der Waals surface area contributed by atoms with E-state index in [9.17, 15) is 9.18 Å². The monoisotopic (exact) mass is 271 g/mol. The van der Waals surface area contributed by atoms with Crippen LogP contribution < -0.4 is 5.32 Å². The van der Waals surface area contributed by atoms with Crippen LogP contribution in [0.1, 0.15) is 36.5 Å². The van der Waals surface area contributed by atoms with Crippen molar-refractivity contribution in [2.75, 3.05) is 0 Å². The number of hydrogen-bond donors (Lipinski definition) is 1. The van der Waals surface area contributed by atoms with Gasteiger partial charge in [-0.3, -0.25) is 4.79 Å². The molecule has 2 aromatic rings. The Morgan fingerprint density at radius 2 is 2.00 bits per heavy atom. The summed E-state index contributed by atoms with van der Waals surface area (Å²) in [6.07, 6.45) is 3.38. The first-order valence-corrected chi connectivity index (χ1v) is 7.19.